The van der Waals surface area contributed by atoms with Crippen LogP contribution in [0.1, 0.15) is 5.56 Å². The summed E-state index contributed by atoms with van der Waals surface area (Å²) >= 11 is 5.78. The van der Waals surface area contributed by atoms with E-state index < -0.39 is 30.3 Å². The number of rotatable bonds is 3. The van der Waals surface area contributed by atoms with Crippen LogP contribution in [-0.4, -0.2) is 47.1 Å². The van der Waals surface area contributed by atoms with Crippen LogP contribution in [0.25, 0.3) is 0 Å². The number of benzene rings is 1. The van der Waals surface area contributed by atoms with Gasteiger partial charge in [0.25, 0.3) is 0 Å². The smallest absolute Gasteiger partial charge is 0.323 e. The zero-order valence-electron chi connectivity index (χ0n) is 11.3. The minimum Gasteiger partial charge on any atom is -0.323 e. The van der Waals surface area contributed by atoms with Gasteiger partial charge in [-0.25, -0.2) is 9.69 Å². The largest absolute Gasteiger partial charge is 0.334 e. The molecule has 0 unspecified atom stereocenters. The van der Waals surface area contributed by atoms with Crippen molar-refractivity contribution in [3.8, 4) is 6.07 Å². The van der Waals surface area contributed by atoms with Gasteiger partial charge in [0.05, 0.1) is 11.3 Å². The number of likely N-dealkylation sites (N-methyl/N-ethyl adjacent to an activating group) is 1. The molecule has 1 N–H and O–H groups in total. The molecule has 0 aliphatic carbocycles. The van der Waals surface area contributed by atoms with Crippen LogP contribution in [0, 0.1) is 11.3 Å². The molecule has 0 radical (unpaired) electrons. The Hall–Kier alpha value is -2.92. The molecule has 1 aliphatic heterocycles. The second-order valence-corrected chi connectivity index (χ2v) is 4.82. The van der Waals surface area contributed by atoms with Crippen LogP contribution in [0.15, 0.2) is 18.2 Å². The number of anilines is 1. The van der Waals surface area contributed by atoms with Crippen molar-refractivity contribution in [2.75, 3.05) is 18.9 Å². The topological polar surface area (TPSA) is 111 Å². The van der Waals surface area contributed by atoms with E-state index in [1.54, 1.807) is 0 Å². The Labute approximate surface area is 129 Å². The number of halogens is 1. The normalized spacial score (nSPS) is 14.3. The molecule has 1 aromatic rings. The number of amides is 5. The van der Waals surface area contributed by atoms with Gasteiger partial charge in [-0.2, -0.15) is 5.26 Å². The monoisotopic (exact) mass is 320 g/mol. The predicted molar refractivity (Wildman–Crippen MR) is 74.7 cm³/mol. The van der Waals surface area contributed by atoms with Crippen LogP contribution < -0.4 is 5.32 Å². The first-order valence-corrected chi connectivity index (χ1v) is 6.36. The third kappa shape index (κ3) is 2.75. The van der Waals surface area contributed by atoms with E-state index in [1.165, 1.54) is 18.2 Å². The molecule has 0 spiro atoms. The maximum absolute atomic E-state index is 11.9. The van der Waals surface area contributed by atoms with E-state index >= 15 is 0 Å². The van der Waals surface area contributed by atoms with E-state index in [9.17, 15) is 19.2 Å². The highest BCUT2D eigenvalue weighted by atomic mass is 35.5. The highest BCUT2D eigenvalue weighted by molar-refractivity contribution is 6.45. The number of urea groups is 1. The van der Waals surface area contributed by atoms with Crippen molar-refractivity contribution in [2.45, 2.75) is 0 Å². The summed E-state index contributed by atoms with van der Waals surface area (Å²) in [4.78, 5) is 47.6. The molecule has 112 valence electrons. The van der Waals surface area contributed by atoms with Crippen molar-refractivity contribution in [3.05, 3.63) is 28.8 Å². The van der Waals surface area contributed by atoms with E-state index in [-0.39, 0.29) is 11.3 Å². The average Bonchev–Trinajstić information content (AvgIpc) is 2.65. The molecule has 0 saturated carbocycles. The van der Waals surface area contributed by atoms with Crippen molar-refractivity contribution in [1.82, 2.24) is 9.80 Å². The van der Waals surface area contributed by atoms with Crippen LogP contribution >= 0.6 is 11.6 Å². The Morgan fingerprint density at radius 2 is 2.00 bits per heavy atom. The summed E-state index contributed by atoms with van der Waals surface area (Å²) in [6.07, 6.45) is 0. The first kappa shape index (κ1) is 15.5. The van der Waals surface area contributed by atoms with Gasteiger partial charge in [0.2, 0.25) is 5.91 Å². The van der Waals surface area contributed by atoms with Crippen molar-refractivity contribution in [2.24, 2.45) is 0 Å². The van der Waals surface area contributed by atoms with Crippen LogP contribution in [0.4, 0.5) is 10.5 Å². The Balaban J connectivity index is 2.13. The van der Waals surface area contributed by atoms with Crippen LogP contribution in [0.2, 0.25) is 5.02 Å². The molecule has 1 aliphatic rings. The molecular formula is C13H9ClN4O4. The van der Waals surface area contributed by atoms with Gasteiger partial charge in [-0.1, -0.05) is 11.6 Å². The molecule has 5 amide bonds. The second kappa shape index (κ2) is 5.83. The Bertz CT molecular complexity index is 740. The van der Waals surface area contributed by atoms with Gasteiger partial charge in [-0.05, 0) is 18.2 Å². The summed E-state index contributed by atoms with van der Waals surface area (Å²) in [5, 5.41) is 11.6. The summed E-state index contributed by atoms with van der Waals surface area (Å²) in [6.45, 7) is -0.634. The van der Waals surface area contributed by atoms with E-state index in [2.05, 4.69) is 5.32 Å². The lowest BCUT2D eigenvalue weighted by molar-refractivity contribution is -0.143. The molecule has 0 atom stereocenters. The van der Waals surface area contributed by atoms with Crippen LogP contribution in [-0.2, 0) is 14.4 Å². The Morgan fingerprint density at radius 1 is 1.32 bits per heavy atom. The summed E-state index contributed by atoms with van der Waals surface area (Å²) in [5.74, 6) is -2.81. The summed E-state index contributed by atoms with van der Waals surface area (Å²) in [6, 6.07) is 5.26. The molecule has 1 heterocycles. The van der Waals surface area contributed by atoms with Gasteiger partial charge >= 0.3 is 17.8 Å². The Morgan fingerprint density at radius 3 is 2.55 bits per heavy atom. The Kier molecular flexibility index (Phi) is 4.10. The van der Waals surface area contributed by atoms with Gasteiger partial charge in [-0.3, -0.25) is 19.3 Å². The van der Waals surface area contributed by atoms with Gasteiger partial charge in [0, 0.05) is 12.1 Å². The number of nitriles is 1. The van der Waals surface area contributed by atoms with E-state index in [1.807, 2.05) is 6.07 Å². The van der Waals surface area contributed by atoms with Gasteiger partial charge < -0.3 is 5.32 Å². The highest BCUT2D eigenvalue weighted by Gasteiger charge is 2.42. The number of nitrogens with zero attached hydrogens (tertiary/aromatic N) is 3. The lowest BCUT2D eigenvalue weighted by atomic mass is 10.2. The number of imide groups is 2. The fourth-order valence-electron chi connectivity index (χ4n) is 1.80. The first-order valence-electron chi connectivity index (χ1n) is 5.98. The molecule has 8 nitrogen and oxygen atoms in total. The molecule has 2 rings (SSSR count). The first-order chi connectivity index (χ1) is 10.3. The minimum absolute atomic E-state index is 0.152. The molecule has 9 heteroatoms. The van der Waals surface area contributed by atoms with E-state index in [4.69, 9.17) is 16.9 Å². The number of carbonyl (C=O) groups excluding carboxylic acids is 4. The summed E-state index contributed by atoms with van der Waals surface area (Å²) < 4.78 is 0. The SMILES string of the molecule is CN1C(=O)C(=O)N(CC(=O)Nc2cc(Cl)ccc2C#N)C1=O. The molecule has 1 fully saturated rings. The van der Waals surface area contributed by atoms with E-state index in [0.717, 1.165) is 7.05 Å². The van der Waals surface area contributed by atoms with Crippen molar-refractivity contribution >= 4 is 41.0 Å². The fraction of sp³-hybridized carbons (Fsp3) is 0.154. The number of hydrogen-bond donors (Lipinski definition) is 1. The summed E-state index contributed by atoms with van der Waals surface area (Å²) in [5.41, 5.74) is 0.323. The van der Waals surface area contributed by atoms with Gasteiger partial charge in [-0.15, -0.1) is 0 Å². The van der Waals surface area contributed by atoms with Crippen molar-refractivity contribution in [1.29, 1.82) is 5.26 Å². The molecular weight excluding hydrogens is 312 g/mol. The van der Waals surface area contributed by atoms with Gasteiger partial charge in [0.1, 0.15) is 12.6 Å². The standard InChI is InChI=1S/C13H9ClN4O4/c1-17-11(20)12(21)18(13(17)22)6-10(19)16-9-4-8(14)3-2-7(9)5-15/h2-4H,6H2,1H3,(H,16,19). The molecule has 0 bridgehead atoms. The minimum atomic E-state index is -1.07. The zero-order valence-corrected chi connectivity index (χ0v) is 12.0. The number of hydrogen-bond acceptors (Lipinski definition) is 5. The predicted octanol–water partition coefficient (Wildman–Crippen LogP) is 0.571. The van der Waals surface area contributed by atoms with Crippen LogP contribution in [0.3, 0.4) is 0 Å². The quantitative estimate of drug-likeness (QED) is 0.646. The molecule has 0 aromatic heterocycles. The van der Waals surface area contributed by atoms with Crippen molar-refractivity contribution < 1.29 is 19.2 Å². The van der Waals surface area contributed by atoms with E-state index in [0.29, 0.717) is 14.8 Å². The maximum atomic E-state index is 11.9. The second-order valence-electron chi connectivity index (χ2n) is 4.39. The maximum Gasteiger partial charge on any atom is 0.334 e. The van der Waals surface area contributed by atoms with Crippen LogP contribution in [0.5, 0.6) is 0 Å². The number of nitrogens with one attached hydrogen (secondary N) is 1. The lowest BCUT2D eigenvalue weighted by Crippen LogP contribution is -2.38. The molecule has 1 aromatic carbocycles. The van der Waals surface area contributed by atoms with Gasteiger partial charge in [0.15, 0.2) is 0 Å². The van der Waals surface area contributed by atoms with Crippen molar-refractivity contribution in [3.63, 3.8) is 0 Å². The zero-order chi connectivity index (χ0) is 16.4. The highest BCUT2D eigenvalue weighted by Crippen LogP contribution is 2.20. The number of carbonyl (C=O) groups is 4. The summed E-state index contributed by atoms with van der Waals surface area (Å²) in [7, 11) is 1.14. The lowest BCUT2D eigenvalue weighted by Gasteiger charge is -2.13. The third-order valence-electron chi connectivity index (χ3n) is 2.93. The molecule has 22 heavy (non-hydrogen) atoms. The average molecular weight is 321 g/mol. The fourth-order valence-corrected chi connectivity index (χ4v) is 1.98. The molecule has 1 saturated heterocycles. The third-order valence-corrected chi connectivity index (χ3v) is 3.16.